The van der Waals surface area contributed by atoms with Crippen LogP contribution < -0.4 is 9.47 Å². The number of hydrogen-bond acceptors (Lipinski definition) is 5. The Balaban J connectivity index is 1.42. The highest BCUT2D eigenvalue weighted by atomic mass is 35.5. The Hall–Kier alpha value is -2.25. The molecule has 5 nitrogen and oxygen atoms in total. The molecular formula is C26H27Cl2NO4S. The van der Waals surface area contributed by atoms with Crippen molar-refractivity contribution in [1.82, 2.24) is 4.90 Å². The Morgan fingerprint density at radius 2 is 1.50 bits per heavy atom. The zero-order chi connectivity index (χ0) is 24.3. The second kappa shape index (κ2) is 10.6. The van der Waals surface area contributed by atoms with Gasteiger partial charge in [-0.3, -0.25) is 4.90 Å². The minimum absolute atomic E-state index is 0.345. The quantitative estimate of drug-likeness (QED) is 0.376. The Morgan fingerprint density at radius 3 is 2.06 bits per heavy atom. The van der Waals surface area contributed by atoms with Gasteiger partial charge in [0.15, 0.2) is 9.84 Å². The first-order valence-corrected chi connectivity index (χ1v) is 13.3. The van der Waals surface area contributed by atoms with E-state index in [1.54, 1.807) is 50.6 Å². The maximum atomic E-state index is 13.3. The number of ether oxygens (including phenoxy) is 2. The second-order valence-electron chi connectivity index (χ2n) is 8.39. The van der Waals surface area contributed by atoms with Crippen LogP contribution in [0.1, 0.15) is 18.4 Å². The van der Waals surface area contributed by atoms with Gasteiger partial charge in [-0.2, -0.15) is 0 Å². The number of halogens is 2. The van der Waals surface area contributed by atoms with Gasteiger partial charge in [-0.1, -0.05) is 41.4 Å². The van der Waals surface area contributed by atoms with Gasteiger partial charge >= 0.3 is 0 Å². The SMILES string of the molecule is COc1cc(CN2CCC(S(=O)(=O)c3ccc(-c4ccc(Cl)cc4Cl)cc3)CC2)cc(OC)c1. The lowest BCUT2D eigenvalue weighted by Crippen LogP contribution is -2.38. The fourth-order valence-electron chi connectivity index (χ4n) is 4.33. The number of likely N-dealkylation sites (tertiary alicyclic amines) is 1. The van der Waals surface area contributed by atoms with E-state index in [9.17, 15) is 8.42 Å². The molecule has 1 aliphatic heterocycles. The van der Waals surface area contributed by atoms with Crippen LogP contribution in [0.25, 0.3) is 11.1 Å². The molecule has 0 unspecified atom stereocenters. The lowest BCUT2D eigenvalue weighted by Gasteiger charge is -2.31. The van der Waals surface area contributed by atoms with Crippen LogP contribution in [0.2, 0.25) is 10.0 Å². The normalized spacial score (nSPS) is 15.3. The summed E-state index contributed by atoms with van der Waals surface area (Å²) in [6.45, 7) is 2.14. The van der Waals surface area contributed by atoms with E-state index >= 15 is 0 Å². The highest BCUT2D eigenvalue weighted by Gasteiger charge is 2.31. The van der Waals surface area contributed by atoms with Crippen molar-refractivity contribution in [2.75, 3.05) is 27.3 Å². The van der Waals surface area contributed by atoms with Crippen LogP contribution in [0.15, 0.2) is 65.6 Å². The van der Waals surface area contributed by atoms with Crippen molar-refractivity contribution in [2.45, 2.75) is 29.5 Å². The largest absolute Gasteiger partial charge is 0.497 e. The number of nitrogens with zero attached hydrogens (tertiary/aromatic N) is 1. The van der Waals surface area contributed by atoms with Crippen LogP contribution in [0, 0.1) is 0 Å². The fraction of sp³-hybridized carbons (Fsp3) is 0.308. The van der Waals surface area contributed by atoms with Crippen molar-refractivity contribution in [3.8, 4) is 22.6 Å². The molecule has 1 aliphatic rings. The first kappa shape index (κ1) is 24.9. The lowest BCUT2D eigenvalue weighted by atomic mass is 10.1. The summed E-state index contributed by atoms with van der Waals surface area (Å²) in [5, 5.41) is 0.697. The maximum Gasteiger partial charge on any atom is 0.181 e. The highest BCUT2D eigenvalue weighted by Crippen LogP contribution is 2.32. The molecule has 1 fully saturated rings. The van der Waals surface area contributed by atoms with Crippen LogP contribution in [0.3, 0.4) is 0 Å². The lowest BCUT2D eigenvalue weighted by molar-refractivity contribution is 0.221. The van der Waals surface area contributed by atoms with Gasteiger partial charge in [0.1, 0.15) is 11.5 Å². The molecule has 0 spiro atoms. The summed E-state index contributed by atoms with van der Waals surface area (Å²) in [5.74, 6) is 1.49. The van der Waals surface area contributed by atoms with E-state index in [0.29, 0.717) is 40.9 Å². The molecule has 3 aromatic carbocycles. The van der Waals surface area contributed by atoms with E-state index in [2.05, 4.69) is 4.90 Å². The standard InChI is InChI=1S/C26H27Cl2NO4S/c1-32-21-13-18(14-22(16-21)33-2)17-29-11-9-24(10-12-29)34(30,31)23-6-3-19(4-7-23)25-8-5-20(27)15-26(25)28/h3-8,13-16,24H,9-12,17H2,1-2H3. The van der Waals surface area contributed by atoms with Gasteiger partial charge in [0.2, 0.25) is 0 Å². The van der Waals surface area contributed by atoms with Gasteiger partial charge in [-0.05, 0) is 73.5 Å². The van der Waals surface area contributed by atoms with E-state index in [-0.39, 0.29) is 0 Å². The Morgan fingerprint density at radius 1 is 0.882 bits per heavy atom. The van der Waals surface area contributed by atoms with Crippen LogP contribution in [0.4, 0.5) is 0 Å². The molecule has 0 atom stereocenters. The average molecular weight is 520 g/mol. The van der Waals surface area contributed by atoms with E-state index in [0.717, 1.165) is 34.7 Å². The number of hydrogen-bond donors (Lipinski definition) is 0. The number of sulfone groups is 1. The smallest absolute Gasteiger partial charge is 0.181 e. The Bertz CT molecular complexity index is 1230. The first-order chi connectivity index (χ1) is 16.3. The molecule has 1 heterocycles. The van der Waals surface area contributed by atoms with E-state index in [1.807, 2.05) is 24.3 Å². The summed E-state index contributed by atoms with van der Waals surface area (Å²) in [7, 11) is -0.155. The first-order valence-electron chi connectivity index (χ1n) is 11.0. The molecule has 8 heteroatoms. The van der Waals surface area contributed by atoms with Crippen molar-refractivity contribution in [3.63, 3.8) is 0 Å². The summed E-state index contributed by atoms with van der Waals surface area (Å²) >= 11 is 12.3. The predicted octanol–water partition coefficient (Wildman–Crippen LogP) is 6.12. The van der Waals surface area contributed by atoms with Crippen molar-refractivity contribution in [1.29, 1.82) is 0 Å². The van der Waals surface area contributed by atoms with E-state index < -0.39 is 15.1 Å². The zero-order valence-electron chi connectivity index (χ0n) is 19.1. The summed E-state index contributed by atoms with van der Waals surface area (Å²) in [6, 6.07) is 18.0. The molecule has 3 aromatic rings. The van der Waals surface area contributed by atoms with Gasteiger partial charge < -0.3 is 9.47 Å². The molecular weight excluding hydrogens is 493 g/mol. The minimum atomic E-state index is -3.42. The van der Waals surface area contributed by atoms with Gasteiger partial charge in [0.05, 0.1) is 24.4 Å². The summed E-state index contributed by atoms with van der Waals surface area (Å²) < 4.78 is 37.3. The van der Waals surface area contributed by atoms with E-state index in [4.69, 9.17) is 32.7 Å². The van der Waals surface area contributed by atoms with Crippen molar-refractivity contribution < 1.29 is 17.9 Å². The third-order valence-corrected chi connectivity index (χ3v) is 9.04. The van der Waals surface area contributed by atoms with Crippen molar-refractivity contribution in [3.05, 3.63) is 76.3 Å². The number of benzene rings is 3. The zero-order valence-corrected chi connectivity index (χ0v) is 21.5. The molecule has 180 valence electrons. The molecule has 0 bridgehead atoms. The monoisotopic (exact) mass is 519 g/mol. The Labute approximate surface area is 211 Å². The number of methoxy groups -OCH3 is 2. The second-order valence-corrected chi connectivity index (χ2v) is 11.5. The molecule has 1 saturated heterocycles. The number of rotatable bonds is 7. The van der Waals surface area contributed by atoms with Gasteiger partial charge in [-0.25, -0.2) is 8.42 Å². The van der Waals surface area contributed by atoms with E-state index in [1.165, 1.54) is 0 Å². The van der Waals surface area contributed by atoms with Gasteiger partial charge in [0, 0.05) is 28.2 Å². The van der Waals surface area contributed by atoms with Crippen LogP contribution in [-0.2, 0) is 16.4 Å². The summed E-state index contributed by atoms with van der Waals surface area (Å²) in [6.07, 6.45) is 1.18. The third-order valence-electron chi connectivity index (χ3n) is 6.22. The maximum absolute atomic E-state index is 13.3. The summed E-state index contributed by atoms with van der Waals surface area (Å²) in [4.78, 5) is 2.61. The van der Waals surface area contributed by atoms with Crippen molar-refractivity contribution >= 4 is 33.0 Å². The summed E-state index contributed by atoms with van der Waals surface area (Å²) in [5.41, 5.74) is 2.75. The molecule has 0 amide bonds. The molecule has 0 N–H and O–H groups in total. The molecule has 0 saturated carbocycles. The Kier molecular flexibility index (Phi) is 7.73. The van der Waals surface area contributed by atoms with Crippen LogP contribution >= 0.6 is 23.2 Å². The predicted molar refractivity (Wildman–Crippen MR) is 137 cm³/mol. The van der Waals surface area contributed by atoms with Crippen LogP contribution in [0.5, 0.6) is 11.5 Å². The molecule has 0 aromatic heterocycles. The topological polar surface area (TPSA) is 55.8 Å². The highest BCUT2D eigenvalue weighted by molar-refractivity contribution is 7.92. The molecule has 0 aliphatic carbocycles. The fourth-order valence-corrected chi connectivity index (χ4v) is 6.58. The number of piperidine rings is 1. The molecule has 0 radical (unpaired) electrons. The minimum Gasteiger partial charge on any atom is -0.497 e. The molecule has 34 heavy (non-hydrogen) atoms. The van der Waals surface area contributed by atoms with Crippen LogP contribution in [-0.4, -0.2) is 45.9 Å². The average Bonchev–Trinajstić information content (AvgIpc) is 2.84. The van der Waals surface area contributed by atoms with Gasteiger partial charge in [0.25, 0.3) is 0 Å². The van der Waals surface area contributed by atoms with Crippen molar-refractivity contribution in [2.24, 2.45) is 0 Å². The van der Waals surface area contributed by atoms with Gasteiger partial charge in [-0.15, -0.1) is 0 Å². The third kappa shape index (κ3) is 5.52. The molecule has 4 rings (SSSR count).